The van der Waals surface area contributed by atoms with Gasteiger partial charge in [-0.15, -0.1) is 11.3 Å². The summed E-state index contributed by atoms with van der Waals surface area (Å²) in [5.41, 5.74) is 0. The van der Waals surface area contributed by atoms with Gasteiger partial charge in [-0.05, 0) is 72.0 Å². The Hall–Kier alpha value is 0.870. The predicted octanol–water partition coefficient (Wildman–Crippen LogP) is 5.03. The molecule has 0 fully saturated rings. The SMILES string of the molecule is Brc1cc2sccc2c(I)c1Br. The van der Waals surface area contributed by atoms with Crippen molar-refractivity contribution in [1.82, 2.24) is 0 Å². The third kappa shape index (κ3) is 1.47. The van der Waals surface area contributed by atoms with Gasteiger partial charge in [-0.3, -0.25) is 0 Å². The molecule has 0 radical (unpaired) electrons. The van der Waals surface area contributed by atoms with Crippen molar-refractivity contribution in [2.75, 3.05) is 0 Å². The quantitative estimate of drug-likeness (QED) is 0.416. The zero-order valence-electron chi connectivity index (χ0n) is 5.77. The Morgan fingerprint density at radius 1 is 1.33 bits per heavy atom. The first kappa shape index (κ1) is 9.43. The number of hydrogen-bond acceptors (Lipinski definition) is 1. The molecule has 0 unspecified atom stereocenters. The van der Waals surface area contributed by atoms with Crippen molar-refractivity contribution in [3.63, 3.8) is 0 Å². The summed E-state index contributed by atoms with van der Waals surface area (Å²) in [6.07, 6.45) is 0. The summed E-state index contributed by atoms with van der Waals surface area (Å²) in [6, 6.07) is 4.30. The van der Waals surface area contributed by atoms with Gasteiger partial charge in [0.1, 0.15) is 0 Å². The molecule has 62 valence electrons. The van der Waals surface area contributed by atoms with Crippen molar-refractivity contribution in [2.45, 2.75) is 0 Å². The fourth-order valence-corrected chi connectivity index (χ4v) is 4.07. The van der Waals surface area contributed by atoms with Gasteiger partial charge in [0.05, 0.1) is 0 Å². The van der Waals surface area contributed by atoms with Crippen LogP contribution in [-0.4, -0.2) is 0 Å². The minimum absolute atomic E-state index is 1.13. The number of thiophene rings is 1. The van der Waals surface area contributed by atoms with Gasteiger partial charge in [0.2, 0.25) is 0 Å². The highest BCUT2D eigenvalue weighted by molar-refractivity contribution is 14.1. The Morgan fingerprint density at radius 2 is 2.08 bits per heavy atom. The van der Waals surface area contributed by atoms with Crippen molar-refractivity contribution < 1.29 is 0 Å². The van der Waals surface area contributed by atoms with E-state index in [0.29, 0.717) is 0 Å². The molecule has 12 heavy (non-hydrogen) atoms. The van der Waals surface area contributed by atoms with Crippen LogP contribution >= 0.6 is 65.8 Å². The van der Waals surface area contributed by atoms with Gasteiger partial charge < -0.3 is 0 Å². The first-order chi connectivity index (χ1) is 5.70. The summed E-state index contributed by atoms with van der Waals surface area (Å²) in [5, 5.41) is 3.45. The summed E-state index contributed by atoms with van der Waals surface area (Å²) >= 11 is 11.2. The lowest BCUT2D eigenvalue weighted by atomic mass is 10.3. The normalized spacial score (nSPS) is 10.9. The maximum atomic E-state index is 3.54. The van der Waals surface area contributed by atoms with Crippen molar-refractivity contribution >= 4 is 75.9 Å². The van der Waals surface area contributed by atoms with Crippen molar-refractivity contribution in [2.24, 2.45) is 0 Å². The lowest BCUT2D eigenvalue weighted by Gasteiger charge is -2.00. The molecule has 0 aliphatic carbocycles. The number of benzene rings is 1. The van der Waals surface area contributed by atoms with Crippen LogP contribution in [0, 0.1) is 3.57 Å². The lowest BCUT2D eigenvalue weighted by Crippen LogP contribution is -1.77. The Balaban J connectivity index is 2.94. The second-order valence-electron chi connectivity index (χ2n) is 2.32. The lowest BCUT2D eigenvalue weighted by molar-refractivity contribution is 1.63. The summed E-state index contributed by atoms with van der Waals surface area (Å²) in [5.74, 6) is 0. The Bertz CT molecular complexity index is 436. The van der Waals surface area contributed by atoms with Gasteiger partial charge in [0.15, 0.2) is 0 Å². The van der Waals surface area contributed by atoms with Crippen LogP contribution in [-0.2, 0) is 0 Å². The number of fused-ring (bicyclic) bond motifs is 1. The van der Waals surface area contributed by atoms with E-state index in [9.17, 15) is 0 Å². The molecule has 0 nitrogen and oxygen atoms in total. The molecule has 1 heterocycles. The number of halogens is 3. The minimum atomic E-state index is 1.13. The third-order valence-corrected chi connectivity index (χ3v) is 6.30. The average molecular weight is 418 g/mol. The molecule has 0 atom stereocenters. The highest BCUT2D eigenvalue weighted by Crippen LogP contribution is 2.36. The molecular weight excluding hydrogens is 415 g/mol. The van der Waals surface area contributed by atoms with Gasteiger partial charge >= 0.3 is 0 Å². The molecule has 1 aromatic carbocycles. The van der Waals surface area contributed by atoms with E-state index in [-0.39, 0.29) is 0 Å². The molecule has 0 aliphatic heterocycles. The van der Waals surface area contributed by atoms with Gasteiger partial charge in [-0.2, -0.15) is 0 Å². The highest BCUT2D eigenvalue weighted by Gasteiger charge is 2.07. The fourth-order valence-electron chi connectivity index (χ4n) is 1.02. The van der Waals surface area contributed by atoms with Gasteiger partial charge in [0.25, 0.3) is 0 Å². The van der Waals surface area contributed by atoms with Crippen LogP contribution in [0.4, 0.5) is 0 Å². The Labute approximate surface area is 105 Å². The second-order valence-corrected chi connectivity index (χ2v) is 5.99. The fraction of sp³-hybridized carbons (Fsp3) is 0. The zero-order valence-corrected chi connectivity index (χ0v) is 11.9. The number of hydrogen-bond donors (Lipinski definition) is 0. The Kier molecular flexibility index (Phi) is 2.79. The molecule has 0 spiro atoms. The van der Waals surface area contributed by atoms with E-state index >= 15 is 0 Å². The van der Waals surface area contributed by atoms with E-state index in [0.717, 1.165) is 8.95 Å². The van der Waals surface area contributed by atoms with E-state index < -0.39 is 0 Å². The molecule has 2 rings (SSSR count). The second kappa shape index (κ2) is 3.55. The molecule has 0 saturated carbocycles. The van der Waals surface area contributed by atoms with Crippen LogP contribution in [0.1, 0.15) is 0 Å². The number of rotatable bonds is 0. The van der Waals surface area contributed by atoms with Crippen molar-refractivity contribution in [1.29, 1.82) is 0 Å². The zero-order chi connectivity index (χ0) is 8.72. The largest absolute Gasteiger partial charge is 0.144 e. The van der Waals surface area contributed by atoms with Crippen molar-refractivity contribution in [3.8, 4) is 0 Å². The van der Waals surface area contributed by atoms with Crippen LogP contribution in [0.2, 0.25) is 0 Å². The van der Waals surface area contributed by atoms with E-state index in [2.05, 4.69) is 72.0 Å². The maximum absolute atomic E-state index is 3.54. The molecule has 0 N–H and O–H groups in total. The third-order valence-electron chi connectivity index (χ3n) is 1.59. The molecule has 2 aromatic rings. The summed E-state index contributed by atoms with van der Waals surface area (Å²) in [7, 11) is 0. The maximum Gasteiger partial charge on any atom is 0.0458 e. The van der Waals surface area contributed by atoms with Crippen LogP contribution < -0.4 is 0 Å². The van der Waals surface area contributed by atoms with Gasteiger partial charge in [-0.1, -0.05) is 0 Å². The van der Waals surface area contributed by atoms with Crippen LogP contribution in [0.15, 0.2) is 26.5 Å². The highest BCUT2D eigenvalue weighted by atomic mass is 127. The van der Waals surface area contributed by atoms with Crippen LogP contribution in [0.25, 0.3) is 10.1 Å². The molecule has 0 amide bonds. The molecular formula is C8H3Br2IS. The molecule has 4 heteroatoms. The van der Waals surface area contributed by atoms with Crippen LogP contribution in [0.3, 0.4) is 0 Å². The standard InChI is InChI=1S/C8H3Br2IS/c9-5-3-6-4(1-2-12-6)8(11)7(5)10/h1-3H. The molecule has 0 aliphatic rings. The Morgan fingerprint density at radius 3 is 2.83 bits per heavy atom. The topological polar surface area (TPSA) is 0 Å². The van der Waals surface area contributed by atoms with E-state index in [4.69, 9.17) is 0 Å². The molecule has 1 aromatic heterocycles. The molecule has 0 bridgehead atoms. The summed E-state index contributed by atoms with van der Waals surface area (Å²) in [6.45, 7) is 0. The smallest absolute Gasteiger partial charge is 0.0458 e. The van der Waals surface area contributed by atoms with E-state index in [1.54, 1.807) is 11.3 Å². The van der Waals surface area contributed by atoms with E-state index in [1.165, 1.54) is 13.7 Å². The first-order valence-corrected chi connectivity index (χ1v) is 6.75. The summed E-state index contributed by atoms with van der Waals surface area (Å²) in [4.78, 5) is 0. The van der Waals surface area contributed by atoms with Crippen LogP contribution in [0.5, 0.6) is 0 Å². The van der Waals surface area contributed by atoms with Gasteiger partial charge in [0, 0.05) is 22.6 Å². The van der Waals surface area contributed by atoms with Crippen molar-refractivity contribution in [3.05, 3.63) is 30.0 Å². The minimum Gasteiger partial charge on any atom is -0.144 e. The monoisotopic (exact) mass is 416 g/mol. The molecule has 0 saturated heterocycles. The van der Waals surface area contributed by atoms with E-state index in [1.807, 2.05) is 0 Å². The van der Waals surface area contributed by atoms with Gasteiger partial charge in [-0.25, -0.2) is 0 Å². The summed E-state index contributed by atoms with van der Waals surface area (Å²) < 4.78 is 4.88. The predicted molar refractivity (Wildman–Crippen MR) is 69.9 cm³/mol. The first-order valence-electron chi connectivity index (χ1n) is 3.21. The average Bonchev–Trinajstić information content (AvgIpc) is 2.48.